The Morgan fingerprint density at radius 1 is 0.395 bits per heavy atom. The van der Waals surface area contributed by atoms with Crippen molar-refractivity contribution < 1.29 is 9.90 Å². The third-order valence-corrected chi connectivity index (χ3v) is 12.3. The van der Waals surface area contributed by atoms with Gasteiger partial charge in [0.2, 0.25) is 0 Å². The Bertz CT molecular complexity index is 515. The lowest BCUT2D eigenvalue weighted by atomic mass is 10.0. The lowest BCUT2D eigenvalue weighted by Gasteiger charge is -2.23. The van der Waals surface area contributed by atoms with E-state index in [1.165, 1.54) is 193 Å². The zero-order chi connectivity index (χ0) is 31.5. The molecule has 0 aliphatic carbocycles. The lowest BCUT2D eigenvalue weighted by Crippen LogP contribution is -2.28. The Morgan fingerprint density at radius 2 is 0.581 bits per heavy atom. The molecule has 43 heavy (non-hydrogen) atoms. The fourth-order valence-electron chi connectivity index (χ4n) is 6.00. The first-order valence-corrected chi connectivity index (χ1v) is 21.5. The van der Waals surface area contributed by atoms with Crippen molar-refractivity contribution in [2.24, 2.45) is 0 Å². The summed E-state index contributed by atoms with van der Waals surface area (Å²) in [6.45, 7) is 6.52. The molecule has 0 aliphatic rings. The van der Waals surface area contributed by atoms with Gasteiger partial charge in [0.25, 0.3) is 0 Å². The maximum Gasteiger partial charge on any atom is 0.329 e. The lowest BCUT2D eigenvalue weighted by molar-refractivity contribution is -0.136. The SMILES string of the molecule is CCCCCCCCCCCCCCCCCCSC(C)(SCCCCCCCCCCCCCCCCCC)C(=O)O. The van der Waals surface area contributed by atoms with Crippen LogP contribution in [0.15, 0.2) is 0 Å². The van der Waals surface area contributed by atoms with Gasteiger partial charge in [0.1, 0.15) is 0 Å². The number of thioether (sulfide) groups is 2. The Labute approximate surface area is 280 Å². The molecule has 0 heterocycles. The number of carboxylic acid groups (broad SMARTS) is 1. The summed E-state index contributed by atoms with van der Waals surface area (Å²) >= 11 is 3.34. The highest BCUT2D eigenvalue weighted by molar-refractivity contribution is 8.19. The van der Waals surface area contributed by atoms with Gasteiger partial charge in [-0.1, -0.05) is 206 Å². The molecule has 0 rings (SSSR count). The molecular weight excluding hydrogens is 565 g/mol. The number of unbranched alkanes of at least 4 members (excludes halogenated alkanes) is 30. The van der Waals surface area contributed by atoms with Crippen molar-refractivity contribution in [2.75, 3.05) is 11.5 Å². The molecule has 0 aromatic heterocycles. The van der Waals surface area contributed by atoms with Crippen molar-refractivity contribution in [2.45, 2.75) is 230 Å². The van der Waals surface area contributed by atoms with Crippen molar-refractivity contribution in [1.82, 2.24) is 0 Å². The Morgan fingerprint density at radius 3 is 0.767 bits per heavy atom. The first-order valence-electron chi connectivity index (χ1n) is 19.6. The molecule has 0 aromatic carbocycles. The summed E-state index contributed by atoms with van der Waals surface area (Å²) in [6, 6.07) is 0. The van der Waals surface area contributed by atoms with Crippen LogP contribution in [-0.2, 0) is 4.79 Å². The minimum Gasteiger partial charge on any atom is -0.480 e. The molecule has 0 aromatic rings. The van der Waals surface area contributed by atoms with Crippen LogP contribution in [0.5, 0.6) is 0 Å². The fourth-order valence-corrected chi connectivity index (χ4v) is 8.56. The topological polar surface area (TPSA) is 37.3 Å². The average molecular weight is 643 g/mol. The summed E-state index contributed by atoms with van der Waals surface area (Å²) in [5.74, 6) is 1.32. The summed E-state index contributed by atoms with van der Waals surface area (Å²) in [5, 5.41) is 9.86. The molecule has 0 amide bonds. The van der Waals surface area contributed by atoms with Gasteiger partial charge < -0.3 is 5.11 Å². The first kappa shape index (κ1) is 43.2. The van der Waals surface area contributed by atoms with E-state index < -0.39 is 10.0 Å². The summed E-state index contributed by atoms with van der Waals surface area (Å²) < 4.78 is -0.676. The van der Waals surface area contributed by atoms with Gasteiger partial charge in [-0.15, -0.1) is 23.5 Å². The van der Waals surface area contributed by atoms with Crippen LogP contribution >= 0.6 is 23.5 Å². The van der Waals surface area contributed by atoms with Gasteiger partial charge in [-0.3, -0.25) is 0 Å². The van der Waals surface area contributed by atoms with Crippen LogP contribution in [0.1, 0.15) is 226 Å². The van der Waals surface area contributed by atoms with Gasteiger partial charge in [0.05, 0.1) is 0 Å². The van der Waals surface area contributed by atoms with E-state index in [1.807, 2.05) is 6.92 Å². The third-order valence-electron chi connectivity index (χ3n) is 9.14. The number of aliphatic carboxylic acids is 1. The molecular formula is C39H78O2S2. The highest BCUT2D eigenvalue weighted by atomic mass is 32.2. The van der Waals surface area contributed by atoms with Gasteiger partial charge >= 0.3 is 5.97 Å². The predicted octanol–water partition coefficient (Wildman–Crippen LogP) is 14.8. The second-order valence-corrected chi connectivity index (χ2v) is 16.8. The number of carbonyl (C=O) groups is 1. The highest BCUT2D eigenvalue weighted by Crippen LogP contribution is 2.38. The maximum atomic E-state index is 12.0. The number of carboxylic acids is 1. The highest BCUT2D eigenvalue weighted by Gasteiger charge is 2.33. The molecule has 0 bridgehead atoms. The molecule has 0 radical (unpaired) electrons. The molecule has 0 spiro atoms. The maximum absolute atomic E-state index is 12.0. The van der Waals surface area contributed by atoms with E-state index in [2.05, 4.69) is 13.8 Å². The number of hydrogen-bond acceptors (Lipinski definition) is 3. The number of hydrogen-bond donors (Lipinski definition) is 1. The van der Waals surface area contributed by atoms with Crippen LogP contribution in [0.25, 0.3) is 0 Å². The molecule has 4 heteroatoms. The quantitative estimate of drug-likeness (QED) is 0.0540. The molecule has 0 unspecified atom stereocenters. The second-order valence-electron chi connectivity index (χ2n) is 13.6. The van der Waals surface area contributed by atoms with Gasteiger partial charge in [-0.25, -0.2) is 4.79 Å². The molecule has 0 aliphatic heterocycles. The van der Waals surface area contributed by atoms with Gasteiger partial charge in [-0.05, 0) is 31.3 Å². The monoisotopic (exact) mass is 643 g/mol. The second kappa shape index (κ2) is 35.0. The summed E-state index contributed by atoms with van der Waals surface area (Å²) in [6.07, 6.45) is 44.2. The van der Waals surface area contributed by atoms with E-state index in [0.29, 0.717) is 0 Å². The average Bonchev–Trinajstić information content (AvgIpc) is 3.00. The Hall–Kier alpha value is 0.170. The molecule has 2 nitrogen and oxygen atoms in total. The third kappa shape index (κ3) is 31.9. The van der Waals surface area contributed by atoms with Crippen LogP contribution in [0.3, 0.4) is 0 Å². The van der Waals surface area contributed by atoms with Crippen molar-refractivity contribution >= 4 is 29.5 Å². The summed E-state index contributed by atoms with van der Waals surface area (Å²) in [4.78, 5) is 12.0. The molecule has 0 atom stereocenters. The van der Waals surface area contributed by atoms with Crippen LogP contribution in [0, 0.1) is 0 Å². The summed E-state index contributed by atoms with van der Waals surface area (Å²) in [7, 11) is 0. The van der Waals surface area contributed by atoms with Crippen LogP contribution in [-0.4, -0.2) is 26.7 Å². The first-order chi connectivity index (χ1) is 21.1. The van der Waals surface area contributed by atoms with E-state index >= 15 is 0 Å². The Balaban J connectivity index is 3.49. The summed E-state index contributed by atoms with van der Waals surface area (Å²) in [5.41, 5.74) is 0. The minimum absolute atomic E-state index is 0.643. The normalized spacial score (nSPS) is 11.9. The molecule has 0 fully saturated rings. The van der Waals surface area contributed by atoms with E-state index in [1.54, 1.807) is 23.5 Å². The van der Waals surface area contributed by atoms with Crippen LogP contribution < -0.4 is 0 Å². The molecule has 258 valence electrons. The Kier molecular flexibility index (Phi) is 35.2. The standard InChI is InChI=1S/C39H78O2S2/c1-4-6-8-10-12-14-16-18-20-22-24-26-28-30-32-34-36-42-39(3,38(40)41)43-37-35-33-31-29-27-25-23-21-19-17-15-13-11-9-7-5-2/h4-37H2,1-3H3,(H,40,41). The van der Waals surface area contributed by atoms with Crippen LogP contribution in [0.2, 0.25) is 0 Å². The molecule has 0 saturated heterocycles. The smallest absolute Gasteiger partial charge is 0.329 e. The van der Waals surface area contributed by atoms with Gasteiger partial charge in [-0.2, -0.15) is 0 Å². The zero-order valence-electron chi connectivity index (χ0n) is 29.7. The zero-order valence-corrected chi connectivity index (χ0v) is 31.3. The van der Waals surface area contributed by atoms with E-state index in [0.717, 1.165) is 24.3 Å². The van der Waals surface area contributed by atoms with E-state index in [-0.39, 0.29) is 0 Å². The van der Waals surface area contributed by atoms with Crippen molar-refractivity contribution in [3.8, 4) is 0 Å². The molecule has 1 N–H and O–H groups in total. The van der Waals surface area contributed by atoms with Crippen molar-refractivity contribution in [3.05, 3.63) is 0 Å². The fraction of sp³-hybridized carbons (Fsp3) is 0.974. The number of rotatable bonds is 37. The predicted molar refractivity (Wildman–Crippen MR) is 200 cm³/mol. The van der Waals surface area contributed by atoms with E-state index in [4.69, 9.17) is 0 Å². The van der Waals surface area contributed by atoms with Crippen LogP contribution in [0.4, 0.5) is 0 Å². The van der Waals surface area contributed by atoms with Gasteiger partial charge in [0.15, 0.2) is 4.08 Å². The van der Waals surface area contributed by atoms with Crippen molar-refractivity contribution in [1.29, 1.82) is 0 Å². The molecule has 0 saturated carbocycles. The van der Waals surface area contributed by atoms with Crippen molar-refractivity contribution in [3.63, 3.8) is 0 Å². The van der Waals surface area contributed by atoms with E-state index in [9.17, 15) is 9.90 Å². The minimum atomic E-state index is -0.676. The largest absolute Gasteiger partial charge is 0.480 e. The van der Waals surface area contributed by atoms with Gasteiger partial charge in [0, 0.05) is 0 Å².